The number of rotatable bonds is 3. The van der Waals surface area contributed by atoms with E-state index in [1.54, 1.807) is 18.3 Å². The molecule has 8 nitrogen and oxygen atoms in total. The number of carbonyl (C=O) groups is 1. The van der Waals surface area contributed by atoms with Crippen molar-refractivity contribution in [1.82, 2.24) is 9.97 Å². The Labute approximate surface area is 183 Å². The largest absolute Gasteiger partial charge is 0.465 e. The molecule has 32 heavy (non-hydrogen) atoms. The topological polar surface area (TPSA) is 122 Å². The number of nitrogens with two attached hydrogens (primary N) is 1. The van der Waals surface area contributed by atoms with Crippen LogP contribution < -0.4 is 10.6 Å². The molecule has 2 aliphatic rings. The second-order valence-electron chi connectivity index (χ2n) is 8.30. The van der Waals surface area contributed by atoms with Gasteiger partial charge in [0.1, 0.15) is 5.82 Å². The minimum absolute atomic E-state index is 0.0666. The molecule has 1 aliphatic carbocycles. The Morgan fingerprint density at radius 1 is 1.25 bits per heavy atom. The van der Waals surface area contributed by atoms with Crippen molar-refractivity contribution in [3.8, 4) is 11.1 Å². The van der Waals surface area contributed by atoms with Crippen molar-refractivity contribution in [2.45, 2.75) is 38.3 Å². The number of pyridine rings is 2. The van der Waals surface area contributed by atoms with Gasteiger partial charge in [-0.05, 0) is 49.3 Å². The highest BCUT2D eigenvalue weighted by Gasteiger charge is 2.30. The zero-order valence-corrected chi connectivity index (χ0v) is 17.5. The lowest BCUT2D eigenvalue weighted by Crippen LogP contribution is -2.40. The van der Waals surface area contributed by atoms with Gasteiger partial charge in [0, 0.05) is 46.8 Å². The molecule has 3 aromatic rings. The van der Waals surface area contributed by atoms with Gasteiger partial charge in [0.2, 0.25) is 0 Å². The second kappa shape index (κ2) is 7.68. The molecule has 166 valence electrons. The summed E-state index contributed by atoms with van der Waals surface area (Å²) >= 11 is 0. The van der Waals surface area contributed by atoms with Crippen LogP contribution in [0.25, 0.3) is 21.9 Å². The average Bonchev–Trinajstić information content (AvgIpc) is 3.42. The summed E-state index contributed by atoms with van der Waals surface area (Å²) in [5.41, 5.74) is 9.20. The highest BCUT2D eigenvalue weighted by molar-refractivity contribution is 5.99. The van der Waals surface area contributed by atoms with Crippen LogP contribution in [-0.4, -0.2) is 45.5 Å². The van der Waals surface area contributed by atoms with Crippen LogP contribution in [0, 0.1) is 12.7 Å². The number of benzene rings is 1. The number of amides is 1. The number of hydrogen-bond donors (Lipinski definition) is 3. The maximum atomic E-state index is 15.3. The maximum absolute atomic E-state index is 15.3. The molecule has 1 fully saturated rings. The van der Waals surface area contributed by atoms with Crippen LogP contribution in [0.3, 0.4) is 0 Å². The lowest BCUT2D eigenvalue weighted by molar-refractivity contribution is 0.179. The predicted octanol–water partition coefficient (Wildman–Crippen LogP) is 3.58. The number of fused-ring (bicyclic) bond motifs is 2. The van der Waals surface area contributed by atoms with Crippen molar-refractivity contribution in [2.24, 2.45) is 0 Å². The van der Waals surface area contributed by atoms with Crippen molar-refractivity contribution in [3.05, 3.63) is 47.2 Å². The molecule has 1 saturated heterocycles. The molecule has 9 heteroatoms. The van der Waals surface area contributed by atoms with Gasteiger partial charge < -0.3 is 20.7 Å². The number of nitrogens with zero attached hydrogens (tertiary/aromatic N) is 3. The minimum atomic E-state index is -1.13. The molecule has 0 radical (unpaired) electrons. The fraction of sp³-hybridized carbons (Fsp3) is 0.348. The first-order chi connectivity index (χ1) is 15.4. The average molecular weight is 438 g/mol. The van der Waals surface area contributed by atoms with Crippen molar-refractivity contribution < 1.29 is 24.1 Å². The van der Waals surface area contributed by atoms with Crippen molar-refractivity contribution in [3.63, 3.8) is 0 Å². The lowest BCUT2D eigenvalue weighted by Gasteiger charge is -2.24. The maximum Gasteiger partial charge on any atom is 0.413 e. The van der Waals surface area contributed by atoms with E-state index in [4.69, 9.17) is 10.5 Å². The van der Waals surface area contributed by atoms with E-state index in [2.05, 4.69) is 9.97 Å². The monoisotopic (exact) mass is 438 g/mol. The first-order valence-electron chi connectivity index (χ1n) is 10.5. The number of carboxylic acid groups (broad SMARTS) is 1. The minimum Gasteiger partial charge on any atom is -0.465 e. The molecule has 0 saturated carbocycles. The quantitative estimate of drug-likeness (QED) is 0.534. The van der Waals surface area contributed by atoms with Crippen LogP contribution in [0.1, 0.15) is 35.8 Å². The van der Waals surface area contributed by atoms with Gasteiger partial charge >= 0.3 is 6.09 Å². The number of aromatic nitrogens is 2. The Balaban J connectivity index is 1.66. The van der Waals surface area contributed by atoms with Crippen LogP contribution in [-0.2, 0) is 11.2 Å². The van der Waals surface area contributed by atoms with Gasteiger partial charge in [-0.15, -0.1) is 0 Å². The van der Waals surface area contributed by atoms with Crippen LogP contribution in [0.15, 0.2) is 24.5 Å². The third-order valence-corrected chi connectivity index (χ3v) is 6.45. The van der Waals surface area contributed by atoms with E-state index >= 15 is 4.39 Å². The van der Waals surface area contributed by atoms with E-state index in [0.717, 1.165) is 16.8 Å². The number of aliphatic hydroxyl groups is 1. The Hall–Kier alpha value is -3.30. The standard InChI is InChI=1S/C23H23FN4O4/c1-11-15(8-26-17-2-3-18(29)20(11)17)14-6-12-7-19(27-9-16(12)22(25)21(14)24)28(23(30)31)13-4-5-32-10-13/h6-9,13,18,29H,2-5,10,25H2,1H3,(H,30,31)/t13-,18+/m0/s1. The highest BCUT2D eigenvalue weighted by atomic mass is 19.1. The summed E-state index contributed by atoms with van der Waals surface area (Å²) in [7, 11) is 0. The SMILES string of the molecule is Cc1c(-c2cc3cc(N(C(=O)O)[C@H]4CCOC4)ncc3c(N)c2F)cnc2c1[C@H](O)CC2. The number of anilines is 2. The highest BCUT2D eigenvalue weighted by Crippen LogP contribution is 2.40. The lowest BCUT2D eigenvalue weighted by atomic mass is 9.94. The van der Waals surface area contributed by atoms with E-state index < -0.39 is 18.0 Å². The van der Waals surface area contributed by atoms with Gasteiger partial charge in [0.25, 0.3) is 0 Å². The molecule has 0 unspecified atom stereocenters. The zero-order chi connectivity index (χ0) is 22.6. The van der Waals surface area contributed by atoms with Crippen LogP contribution >= 0.6 is 0 Å². The summed E-state index contributed by atoms with van der Waals surface area (Å²) in [5.74, 6) is -0.361. The summed E-state index contributed by atoms with van der Waals surface area (Å²) < 4.78 is 20.7. The van der Waals surface area contributed by atoms with E-state index in [1.165, 1.54) is 11.1 Å². The number of nitrogen functional groups attached to an aromatic ring is 1. The zero-order valence-electron chi connectivity index (χ0n) is 17.5. The van der Waals surface area contributed by atoms with E-state index in [1.807, 2.05) is 6.92 Å². The summed E-state index contributed by atoms with van der Waals surface area (Å²) in [6.45, 7) is 2.63. The molecule has 0 bridgehead atoms. The third kappa shape index (κ3) is 3.16. The molecule has 3 heterocycles. The number of halogens is 1. The molecule has 1 amide bonds. The van der Waals surface area contributed by atoms with Crippen molar-refractivity contribution >= 4 is 28.4 Å². The van der Waals surface area contributed by atoms with Crippen molar-refractivity contribution in [1.29, 1.82) is 0 Å². The Morgan fingerprint density at radius 2 is 2.06 bits per heavy atom. The van der Waals surface area contributed by atoms with Gasteiger partial charge in [-0.1, -0.05) is 0 Å². The Morgan fingerprint density at radius 3 is 2.78 bits per heavy atom. The molecule has 4 N–H and O–H groups in total. The van der Waals surface area contributed by atoms with Crippen molar-refractivity contribution in [2.75, 3.05) is 23.8 Å². The molecule has 5 rings (SSSR count). The normalized spacial score (nSPS) is 20.0. The third-order valence-electron chi connectivity index (χ3n) is 6.45. The molecular formula is C23H23FN4O4. The number of aryl methyl sites for hydroxylation is 1. The van der Waals surface area contributed by atoms with E-state index in [0.29, 0.717) is 48.8 Å². The van der Waals surface area contributed by atoms with E-state index in [9.17, 15) is 15.0 Å². The summed E-state index contributed by atoms with van der Waals surface area (Å²) in [6.07, 6.45) is 3.12. The molecule has 1 aliphatic heterocycles. The summed E-state index contributed by atoms with van der Waals surface area (Å²) in [4.78, 5) is 21.8. The summed E-state index contributed by atoms with van der Waals surface area (Å²) in [5, 5.41) is 21.1. The molecule has 2 atom stereocenters. The smallest absolute Gasteiger partial charge is 0.413 e. The molecule has 0 spiro atoms. The van der Waals surface area contributed by atoms with Crippen LogP contribution in [0.5, 0.6) is 0 Å². The molecule has 2 aromatic heterocycles. The number of aliphatic hydroxyl groups excluding tert-OH is 1. The van der Waals surface area contributed by atoms with Gasteiger partial charge in [-0.25, -0.2) is 14.2 Å². The predicted molar refractivity (Wildman–Crippen MR) is 117 cm³/mol. The Kier molecular flexibility index (Phi) is 4.94. The van der Waals surface area contributed by atoms with E-state index in [-0.39, 0.29) is 23.1 Å². The van der Waals surface area contributed by atoms with Gasteiger partial charge in [-0.3, -0.25) is 9.88 Å². The van der Waals surface area contributed by atoms with Crippen LogP contribution in [0.4, 0.5) is 20.7 Å². The fourth-order valence-corrected chi connectivity index (χ4v) is 4.78. The summed E-state index contributed by atoms with van der Waals surface area (Å²) in [6, 6.07) is 2.90. The van der Waals surface area contributed by atoms with Gasteiger partial charge in [0.05, 0.1) is 24.4 Å². The van der Waals surface area contributed by atoms with Crippen LogP contribution in [0.2, 0.25) is 0 Å². The van der Waals surface area contributed by atoms with Gasteiger partial charge in [-0.2, -0.15) is 0 Å². The number of ether oxygens (including phenoxy) is 1. The first-order valence-corrected chi connectivity index (χ1v) is 10.5. The second-order valence-corrected chi connectivity index (χ2v) is 8.30. The number of hydrogen-bond acceptors (Lipinski definition) is 6. The Bertz CT molecular complexity index is 1240. The first kappa shape index (κ1) is 20.6. The molecular weight excluding hydrogens is 415 g/mol. The molecule has 1 aromatic carbocycles. The van der Waals surface area contributed by atoms with Gasteiger partial charge in [0.15, 0.2) is 5.82 Å². The fourth-order valence-electron chi connectivity index (χ4n) is 4.78.